The molecule has 0 heterocycles. The molecule has 2 heteroatoms. The lowest BCUT2D eigenvalue weighted by Gasteiger charge is -2.22. The summed E-state index contributed by atoms with van der Waals surface area (Å²) in [4.78, 5) is 0. The largest absolute Gasteiger partial charge is 0.192 e. The Hall–Kier alpha value is -2.58. The zero-order chi connectivity index (χ0) is 18.2. The van der Waals surface area contributed by atoms with E-state index >= 15 is 0 Å². The minimum absolute atomic E-state index is 0.200. The summed E-state index contributed by atoms with van der Waals surface area (Å²) in [5.74, 6) is 0. The second kappa shape index (κ2) is 5.24. The van der Waals surface area contributed by atoms with Crippen molar-refractivity contribution in [3.63, 3.8) is 0 Å². The van der Waals surface area contributed by atoms with Gasteiger partial charge in [-0.3, -0.25) is 0 Å². The van der Waals surface area contributed by atoms with E-state index in [2.05, 4.69) is 24.3 Å². The van der Waals surface area contributed by atoms with Crippen molar-refractivity contribution in [3.8, 4) is 12.1 Å². The maximum Gasteiger partial charge on any atom is 0.0997 e. The van der Waals surface area contributed by atoms with Crippen LogP contribution in [0.1, 0.15) is 68.5 Å². The molecule has 1 spiro atoms. The smallest absolute Gasteiger partial charge is 0.0997 e. The highest BCUT2D eigenvalue weighted by Crippen LogP contribution is 2.51. The first-order chi connectivity index (χ1) is 13.2. The van der Waals surface area contributed by atoms with Crippen LogP contribution < -0.4 is 0 Å². The van der Waals surface area contributed by atoms with Crippen LogP contribution in [0.4, 0.5) is 0 Å². The van der Waals surface area contributed by atoms with Gasteiger partial charge in [0.15, 0.2) is 0 Å². The summed E-state index contributed by atoms with van der Waals surface area (Å²) in [6.45, 7) is 0. The number of nitriles is 2. The molecule has 6 rings (SSSR count). The molecule has 0 radical (unpaired) electrons. The first-order valence-corrected chi connectivity index (χ1v) is 10.3. The van der Waals surface area contributed by atoms with E-state index in [1.54, 1.807) is 0 Å². The van der Waals surface area contributed by atoms with Crippen LogP contribution in [-0.2, 0) is 51.4 Å². The van der Waals surface area contributed by atoms with Gasteiger partial charge in [-0.25, -0.2) is 0 Å². The Bertz CT molecular complexity index is 1020. The molecule has 0 aliphatic heterocycles. The van der Waals surface area contributed by atoms with E-state index in [0.29, 0.717) is 0 Å². The minimum Gasteiger partial charge on any atom is -0.192 e. The Morgan fingerprint density at radius 1 is 0.593 bits per heavy atom. The van der Waals surface area contributed by atoms with Gasteiger partial charge in [0.25, 0.3) is 0 Å². The summed E-state index contributed by atoms with van der Waals surface area (Å²) in [5, 5.41) is 19.7. The lowest BCUT2D eigenvalue weighted by atomic mass is 9.81. The molecule has 0 bridgehead atoms. The molecule has 0 fully saturated rings. The lowest BCUT2D eigenvalue weighted by molar-refractivity contribution is 0.326. The number of rotatable bonds is 0. The summed E-state index contributed by atoms with van der Waals surface area (Å²) in [7, 11) is 0. The SMILES string of the molecule is N#Cc1c2c(cc3c1CC1(C3)Cc3cc4c(c(C#N)c3C1)CCC4)CCC2. The van der Waals surface area contributed by atoms with E-state index in [1.165, 1.54) is 57.3 Å². The van der Waals surface area contributed by atoms with Crippen LogP contribution in [0.2, 0.25) is 0 Å². The number of benzene rings is 2. The van der Waals surface area contributed by atoms with Gasteiger partial charge in [0.1, 0.15) is 0 Å². The first kappa shape index (κ1) is 15.5. The molecular formula is C25H22N2. The molecule has 0 saturated heterocycles. The summed E-state index contributed by atoms with van der Waals surface area (Å²) in [6, 6.07) is 9.96. The molecule has 132 valence electrons. The Morgan fingerprint density at radius 3 is 1.52 bits per heavy atom. The van der Waals surface area contributed by atoms with Crippen LogP contribution >= 0.6 is 0 Å². The quantitative estimate of drug-likeness (QED) is 0.711. The normalized spacial score (nSPS) is 20.1. The fourth-order valence-electron chi connectivity index (χ4n) is 6.63. The molecule has 2 nitrogen and oxygen atoms in total. The van der Waals surface area contributed by atoms with Gasteiger partial charge in [0.05, 0.1) is 23.3 Å². The molecule has 0 unspecified atom stereocenters. The maximum atomic E-state index is 9.87. The van der Waals surface area contributed by atoms with Crippen molar-refractivity contribution in [2.45, 2.75) is 64.2 Å². The van der Waals surface area contributed by atoms with Gasteiger partial charge in [0, 0.05) is 0 Å². The zero-order valence-corrected chi connectivity index (χ0v) is 15.6. The average molecular weight is 350 g/mol. The topological polar surface area (TPSA) is 47.6 Å². The third-order valence-electron chi connectivity index (χ3n) is 7.66. The number of hydrogen-bond acceptors (Lipinski definition) is 2. The van der Waals surface area contributed by atoms with E-state index in [9.17, 15) is 10.5 Å². The third kappa shape index (κ3) is 1.99. The van der Waals surface area contributed by atoms with Crippen LogP contribution in [0.5, 0.6) is 0 Å². The average Bonchev–Trinajstić information content (AvgIpc) is 3.42. The fourth-order valence-corrected chi connectivity index (χ4v) is 6.63. The van der Waals surface area contributed by atoms with E-state index in [-0.39, 0.29) is 5.41 Å². The van der Waals surface area contributed by atoms with Gasteiger partial charge in [-0.2, -0.15) is 10.5 Å². The van der Waals surface area contributed by atoms with Crippen LogP contribution in [0.3, 0.4) is 0 Å². The van der Waals surface area contributed by atoms with Gasteiger partial charge < -0.3 is 0 Å². The molecule has 4 aliphatic carbocycles. The third-order valence-corrected chi connectivity index (χ3v) is 7.66. The van der Waals surface area contributed by atoms with Crippen LogP contribution in [0.25, 0.3) is 0 Å². The predicted molar refractivity (Wildman–Crippen MR) is 104 cm³/mol. The van der Waals surface area contributed by atoms with E-state index in [4.69, 9.17) is 0 Å². The summed E-state index contributed by atoms with van der Waals surface area (Å²) >= 11 is 0. The fraction of sp³-hybridized carbons (Fsp3) is 0.440. The second-order valence-corrected chi connectivity index (χ2v) is 9.19. The summed E-state index contributed by atoms with van der Waals surface area (Å²) in [5.41, 5.74) is 13.2. The monoisotopic (exact) mass is 350 g/mol. The van der Waals surface area contributed by atoms with Crippen LogP contribution in [0, 0.1) is 28.1 Å². The molecule has 0 atom stereocenters. The van der Waals surface area contributed by atoms with Gasteiger partial charge in [-0.1, -0.05) is 12.1 Å². The van der Waals surface area contributed by atoms with Crippen molar-refractivity contribution < 1.29 is 0 Å². The van der Waals surface area contributed by atoms with E-state index in [1.807, 2.05) is 0 Å². The Labute approximate surface area is 160 Å². The van der Waals surface area contributed by atoms with Crippen molar-refractivity contribution in [1.82, 2.24) is 0 Å². The van der Waals surface area contributed by atoms with Crippen LogP contribution in [0.15, 0.2) is 12.1 Å². The first-order valence-electron chi connectivity index (χ1n) is 10.3. The van der Waals surface area contributed by atoms with Gasteiger partial charge >= 0.3 is 0 Å². The minimum atomic E-state index is 0.200. The molecule has 27 heavy (non-hydrogen) atoms. The van der Waals surface area contributed by atoms with Crippen molar-refractivity contribution in [2.75, 3.05) is 0 Å². The molecular weight excluding hydrogens is 328 g/mol. The van der Waals surface area contributed by atoms with Gasteiger partial charge in [-0.15, -0.1) is 0 Å². The second-order valence-electron chi connectivity index (χ2n) is 9.19. The highest BCUT2D eigenvalue weighted by molar-refractivity contribution is 5.60. The van der Waals surface area contributed by atoms with Gasteiger partial charge in [0.2, 0.25) is 0 Å². The van der Waals surface area contributed by atoms with E-state index in [0.717, 1.165) is 62.5 Å². The Balaban J connectivity index is 1.44. The summed E-state index contributed by atoms with van der Waals surface area (Å²) in [6.07, 6.45) is 11.0. The van der Waals surface area contributed by atoms with Crippen molar-refractivity contribution in [1.29, 1.82) is 10.5 Å². The number of aryl methyl sites for hydroxylation is 2. The van der Waals surface area contributed by atoms with Crippen molar-refractivity contribution >= 4 is 0 Å². The molecule has 4 aliphatic rings. The highest BCUT2D eigenvalue weighted by Gasteiger charge is 2.45. The lowest BCUT2D eigenvalue weighted by Crippen LogP contribution is -2.21. The standard InChI is InChI=1S/C25H22N2/c26-13-23-19-5-1-3-15(19)7-17-9-25(11-21(17)23)10-18-8-16-4-2-6-20(16)24(14-27)22(18)12-25/h7-8H,1-6,9-12H2. The Kier molecular flexibility index (Phi) is 3.00. The molecule has 0 N–H and O–H groups in total. The highest BCUT2D eigenvalue weighted by atomic mass is 14.5. The molecule has 2 aromatic rings. The Morgan fingerprint density at radius 2 is 1.07 bits per heavy atom. The van der Waals surface area contributed by atoms with Gasteiger partial charge in [-0.05, 0) is 114 Å². The molecule has 0 amide bonds. The molecule has 2 aromatic carbocycles. The summed E-state index contributed by atoms with van der Waals surface area (Å²) < 4.78 is 0. The van der Waals surface area contributed by atoms with Crippen molar-refractivity contribution in [2.24, 2.45) is 5.41 Å². The number of nitrogens with zero attached hydrogens (tertiary/aromatic N) is 2. The van der Waals surface area contributed by atoms with Crippen LogP contribution in [-0.4, -0.2) is 0 Å². The van der Waals surface area contributed by atoms with Crippen molar-refractivity contribution in [3.05, 3.63) is 67.8 Å². The van der Waals surface area contributed by atoms with E-state index < -0.39 is 0 Å². The maximum absolute atomic E-state index is 9.87. The number of hydrogen-bond donors (Lipinski definition) is 0. The molecule has 0 saturated carbocycles. The number of fused-ring (bicyclic) bond motifs is 4. The molecule has 0 aromatic heterocycles. The zero-order valence-electron chi connectivity index (χ0n) is 15.6. The predicted octanol–water partition coefficient (Wildman–Crippen LogP) is 4.29.